The highest BCUT2D eigenvalue weighted by Gasteiger charge is 2.22. The van der Waals surface area contributed by atoms with E-state index in [0.717, 1.165) is 53.9 Å². The van der Waals surface area contributed by atoms with Gasteiger partial charge in [-0.05, 0) is 30.5 Å². The summed E-state index contributed by atoms with van der Waals surface area (Å²) in [6, 6.07) is 18.9. The first-order chi connectivity index (χ1) is 17.4. The molecule has 0 spiro atoms. The van der Waals surface area contributed by atoms with Crippen LogP contribution in [0, 0.1) is 0 Å². The molecule has 0 aliphatic carbocycles. The number of ether oxygens (including phenoxy) is 3. The molecule has 0 N–H and O–H groups in total. The largest absolute Gasteiger partial charge is 0.447 e. The fourth-order valence-corrected chi connectivity index (χ4v) is 5.41. The first kappa shape index (κ1) is 23.3. The maximum atomic E-state index is 12.7. The van der Waals surface area contributed by atoms with Gasteiger partial charge in [0.05, 0.1) is 0 Å². The topological polar surface area (TPSA) is 78.9 Å². The smallest absolute Gasteiger partial charge is 0.352 e. The number of rotatable bonds is 6. The molecule has 0 radical (unpaired) electrons. The Labute approximate surface area is 210 Å². The summed E-state index contributed by atoms with van der Waals surface area (Å²) in [5, 5.41) is 5.07. The molecule has 0 saturated carbocycles. The Kier molecular flexibility index (Phi) is 6.00. The van der Waals surface area contributed by atoms with Crippen molar-refractivity contribution >= 4 is 71.0 Å². The van der Waals surface area contributed by atoms with Crippen LogP contribution >= 0.6 is 11.3 Å². The fraction of sp³-hybridized carbons (Fsp3) is 0.0690. The number of hydrogen-bond donors (Lipinski definition) is 0. The number of fused-ring (bicyclic) bond motifs is 7. The van der Waals surface area contributed by atoms with E-state index in [-0.39, 0.29) is 0 Å². The van der Waals surface area contributed by atoms with Gasteiger partial charge in [-0.2, -0.15) is 0 Å². The molecule has 36 heavy (non-hydrogen) atoms. The zero-order valence-corrected chi connectivity index (χ0v) is 20.1. The molecule has 0 aliphatic rings. The Bertz CT molecular complexity index is 1730. The van der Waals surface area contributed by atoms with Crippen LogP contribution in [0.2, 0.25) is 0 Å². The van der Waals surface area contributed by atoms with Crippen LogP contribution < -0.4 is 9.47 Å². The summed E-state index contributed by atoms with van der Waals surface area (Å²) in [5.41, 5.74) is 0. The Balaban J connectivity index is 1.76. The van der Waals surface area contributed by atoms with Crippen molar-refractivity contribution in [2.75, 3.05) is 0 Å². The van der Waals surface area contributed by atoms with E-state index in [0.29, 0.717) is 11.5 Å². The minimum absolute atomic E-state index is 0.335. The van der Waals surface area contributed by atoms with Gasteiger partial charge >= 0.3 is 17.9 Å². The molecular formula is C29H20O6S. The van der Waals surface area contributed by atoms with Crippen molar-refractivity contribution in [2.45, 2.75) is 13.0 Å². The molecule has 0 bridgehead atoms. The first-order valence-corrected chi connectivity index (χ1v) is 11.9. The molecule has 1 atom stereocenters. The lowest BCUT2D eigenvalue weighted by Gasteiger charge is -2.13. The summed E-state index contributed by atoms with van der Waals surface area (Å²) >= 11 is 1.60. The van der Waals surface area contributed by atoms with Gasteiger partial charge in [0, 0.05) is 48.5 Å². The number of hydrogen-bond acceptors (Lipinski definition) is 7. The second-order valence-electron chi connectivity index (χ2n) is 8.02. The number of carbonyl (C=O) groups excluding carboxylic acids is 3. The lowest BCUT2D eigenvalue weighted by molar-refractivity contribution is -0.157. The van der Waals surface area contributed by atoms with E-state index in [4.69, 9.17) is 14.2 Å². The minimum atomic E-state index is -1.11. The second-order valence-corrected chi connectivity index (χ2v) is 9.07. The van der Waals surface area contributed by atoms with E-state index in [1.807, 2.05) is 48.5 Å². The van der Waals surface area contributed by atoms with Crippen LogP contribution in [0.25, 0.3) is 41.7 Å². The molecule has 5 rings (SSSR count). The van der Waals surface area contributed by atoms with E-state index in [1.54, 1.807) is 23.5 Å². The van der Waals surface area contributed by atoms with Crippen molar-refractivity contribution in [3.05, 3.63) is 86.0 Å². The molecule has 1 aromatic heterocycles. The third-order valence-corrected chi connectivity index (χ3v) is 6.99. The van der Waals surface area contributed by atoms with Gasteiger partial charge < -0.3 is 14.2 Å². The predicted octanol–water partition coefficient (Wildman–Crippen LogP) is 6.48. The Morgan fingerprint density at radius 3 is 2.31 bits per heavy atom. The van der Waals surface area contributed by atoms with Gasteiger partial charge in [0.25, 0.3) is 0 Å². The van der Waals surface area contributed by atoms with Gasteiger partial charge in [0.15, 0.2) is 6.10 Å². The van der Waals surface area contributed by atoms with Crippen molar-refractivity contribution in [1.82, 2.24) is 0 Å². The van der Waals surface area contributed by atoms with Gasteiger partial charge in [-0.3, -0.25) is 0 Å². The lowest BCUT2D eigenvalue weighted by atomic mass is 10.0. The van der Waals surface area contributed by atoms with Crippen LogP contribution in [0.3, 0.4) is 0 Å². The zero-order chi connectivity index (χ0) is 25.4. The van der Waals surface area contributed by atoms with Crippen LogP contribution in [0.1, 0.15) is 6.92 Å². The zero-order valence-electron chi connectivity index (χ0n) is 19.3. The van der Waals surface area contributed by atoms with Gasteiger partial charge in [-0.25, -0.2) is 14.4 Å². The molecule has 4 aromatic carbocycles. The number of benzene rings is 4. The minimum Gasteiger partial charge on any atom is -0.447 e. The molecule has 5 aromatic rings. The monoisotopic (exact) mass is 496 g/mol. The maximum absolute atomic E-state index is 12.7. The lowest BCUT2D eigenvalue weighted by Crippen LogP contribution is -2.27. The molecule has 7 heteroatoms. The van der Waals surface area contributed by atoms with Crippen LogP contribution in [-0.2, 0) is 19.1 Å². The van der Waals surface area contributed by atoms with Crippen LogP contribution in [-0.4, -0.2) is 24.0 Å². The van der Waals surface area contributed by atoms with Crippen molar-refractivity contribution in [1.29, 1.82) is 0 Å². The Hall–Kier alpha value is -4.49. The van der Waals surface area contributed by atoms with Gasteiger partial charge in [0.2, 0.25) is 0 Å². The van der Waals surface area contributed by atoms with E-state index in [2.05, 4.69) is 13.2 Å². The quantitative estimate of drug-likeness (QED) is 0.152. The van der Waals surface area contributed by atoms with Crippen molar-refractivity contribution < 1.29 is 28.6 Å². The summed E-state index contributed by atoms with van der Waals surface area (Å²) in [5.74, 6) is -1.22. The molecule has 6 nitrogen and oxygen atoms in total. The maximum Gasteiger partial charge on any atom is 0.352 e. The van der Waals surface area contributed by atoms with Crippen molar-refractivity contribution in [3.8, 4) is 11.5 Å². The molecule has 178 valence electrons. The molecule has 0 amide bonds. The van der Waals surface area contributed by atoms with Crippen LogP contribution in [0.4, 0.5) is 0 Å². The third-order valence-electron chi connectivity index (χ3n) is 5.79. The average molecular weight is 497 g/mol. The molecule has 1 heterocycles. The van der Waals surface area contributed by atoms with Gasteiger partial charge in [0.1, 0.15) is 11.5 Å². The average Bonchev–Trinajstić information content (AvgIpc) is 3.27. The molecule has 0 saturated heterocycles. The summed E-state index contributed by atoms with van der Waals surface area (Å²) in [6.07, 6.45) is 1.000. The number of carbonyl (C=O) groups is 3. The SMILES string of the molecule is C=CC(=O)Oc1cc2c(sc3ccc4cccc(OC(=O)C(C)OC(=O)C=C)c4c32)c2ccccc12. The standard InChI is InChI=1S/C29H20O6S/c1-4-24(30)33-16(3)29(32)35-21-12-8-9-17-13-14-23-27(26(17)21)20-15-22(34-25(31)5-2)18-10-6-7-11-19(18)28(20)36-23/h4-16H,1-2H2,3H3. The number of thiophene rings is 1. The first-order valence-electron chi connectivity index (χ1n) is 11.1. The second kappa shape index (κ2) is 9.28. The number of esters is 3. The summed E-state index contributed by atoms with van der Waals surface area (Å²) in [4.78, 5) is 36.3. The summed E-state index contributed by atoms with van der Waals surface area (Å²) < 4.78 is 18.3. The highest BCUT2D eigenvalue weighted by Crippen LogP contribution is 2.46. The fourth-order valence-electron chi connectivity index (χ4n) is 4.18. The van der Waals surface area contributed by atoms with E-state index < -0.39 is 24.0 Å². The summed E-state index contributed by atoms with van der Waals surface area (Å²) in [6.45, 7) is 8.29. The summed E-state index contributed by atoms with van der Waals surface area (Å²) in [7, 11) is 0. The van der Waals surface area contributed by atoms with Gasteiger partial charge in [-0.1, -0.05) is 55.6 Å². The van der Waals surface area contributed by atoms with E-state index in [1.165, 1.54) is 6.92 Å². The Morgan fingerprint density at radius 1 is 0.806 bits per heavy atom. The molecule has 0 aliphatic heterocycles. The predicted molar refractivity (Wildman–Crippen MR) is 142 cm³/mol. The molecule has 1 unspecified atom stereocenters. The molecule has 0 fully saturated rings. The van der Waals surface area contributed by atoms with Crippen LogP contribution in [0.5, 0.6) is 11.5 Å². The highest BCUT2D eigenvalue weighted by atomic mass is 32.1. The van der Waals surface area contributed by atoms with Crippen molar-refractivity contribution in [3.63, 3.8) is 0 Å². The highest BCUT2D eigenvalue weighted by molar-refractivity contribution is 7.27. The Morgan fingerprint density at radius 2 is 1.56 bits per heavy atom. The third kappa shape index (κ3) is 3.99. The van der Waals surface area contributed by atoms with Crippen LogP contribution in [0.15, 0.2) is 86.0 Å². The normalized spacial score (nSPS) is 11.9. The van der Waals surface area contributed by atoms with Crippen molar-refractivity contribution in [2.24, 2.45) is 0 Å². The van der Waals surface area contributed by atoms with Gasteiger partial charge in [-0.15, -0.1) is 11.3 Å². The van der Waals surface area contributed by atoms with E-state index in [9.17, 15) is 14.4 Å². The molecular weight excluding hydrogens is 476 g/mol. The van der Waals surface area contributed by atoms with E-state index >= 15 is 0 Å².